The van der Waals surface area contributed by atoms with E-state index in [2.05, 4.69) is 20.5 Å². The van der Waals surface area contributed by atoms with Crippen LogP contribution in [0, 0.1) is 0 Å². The molecule has 4 rings (SSSR count). The van der Waals surface area contributed by atoms with Gasteiger partial charge in [-0.05, 0) is 30.3 Å². The molecule has 0 spiro atoms. The SMILES string of the molecule is Cn1c(NC(=O)c2cc(-c3ccco3)[nH]n2)nc2cc(Cl)ccc21. The normalized spacial score (nSPS) is 11.1. The highest BCUT2D eigenvalue weighted by Crippen LogP contribution is 2.23. The number of anilines is 1. The molecule has 3 aromatic heterocycles. The summed E-state index contributed by atoms with van der Waals surface area (Å²) in [6.45, 7) is 0. The molecule has 4 aromatic rings. The number of imidazole rings is 1. The van der Waals surface area contributed by atoms with Crippen LogP contribution in [0.5, 0.6) is 0 Å². The molecular formula is C16H12ClN5O2. The monoisotopic (exact) mass is 341 g/mol. The number of aromatic amines is 1. The molecule has 1 aromatic carbocycles. The summed E-state index contributed by atoms with van der Waals surface area (Å²) in [5.74, 6) is 0.660. The van der Waals surface area contributed by atoms with E-state index in [1.807, 2.05) is 13.1 Å². The lowest BCUT2D eigenvalue weighted by Gasteiger charge is -2.02. The topological polar surface area (TPSA) is 88.7 Å². The van der Waals surface area contributed by atoms with Crippen molar-refractivity contribution in [3.05, 3.63) is 53.4 Å². The molecule has 1 amide bonds. The predicted molar refractivity (Wildman–Crippen MR) is 90.0 cm³/mol. The lowest BCUT2D eigenvalue weighted by Crippen LogP contribution is -2.15. The summed E-state index contributed by atoms with van der Waals surface area (Å²) in [6, 6.07) is 10.5. The molecule has 3 heterocycles. The molecule has 7 nitrogen and oxygen atoms in total. The molecule has 0 fully saturated rings. The highest BCUT2D eigenvalue weighted by atomic mass is 35.5. The van der Waals surface area contributed by atoms with Gasteiger partial charge in [-0.2, -0.15) is 5.10 Å². The first-order valence-corrected chi connectivity index (χ1v) is 7.52. The molecule has 0 aliphatic heterocycles. The van der Waals surface area contributed by atoms with Crippen LogP contribution in [-0.2, 0) is 7.05 Å². The minimum absolute atomic E-state index is 0.242. The van der Waals surface area contributed by atoms with Gasteiger partial charge in [0.2, 0.25) is 5.95 Å². The second-order valence-electron chi connectivity index (χ2n) is 5.23. The number of carbonyl (C=O) groups excluding carboxylic acids is 1. The number of H-pyrrole nitrogens is 1. The number of fused-ring (bicyclic) bond motifs is 1. The molecule has 0 saturated carbocycles. The third kappa shape index (κ3) is 2.44. The Labute approximate surface area is 141 Å². The van der Waals surface area contributed by atoms with Gasteiger partial charge in [0, 0.05) is 18.1 Å². The standard InChI is InChI=1S/C16H12ClN5O2/c1-22-13-5-4-9(17)7-10(13)18-16(22)19-15(23)12-8-11(20-21-12)14-3-2-6-24-14/h2-8H,1H3,(H,20,21)(H,18,19,23). The molecular weight excluding hydrogens is 330 g/mol. The van der Waals surface area contributed by atoms with E-state index < -0.39 is 0 Å². The highest BCUT2D eigenvalue weighted by Gasteiger charge is 2.16. The van der Waals surface area contributed by atoms with Crippen LogP contribution < -0.4 is 5.32 Å². The molecule has 8 heteroatoms. The van der Waals surface area contributed by atoms with Crippen molar-refractivity contribution in [2.75, 3.05) is 5.32 Å². The van der Waals surface area contributed by atoms with Crippen LogP contribution in [0.2, 0.25) is 5.02 Å². The van der Waals surface area contributed by atoms with Crippen LogP contribution in [0.15, 0.2) is 47.1 Å². The van der Waals surface area contributed by atoms with Crippen molar-refractivity contribution >= 4 is 34.5 Å². The minimum Gasteiger partial charge on any atom is -0.463 e. The zero-order valence-corrected chi connectivity index (χ0v) is 13.3. The van der Waals surface area contributed by atoms with E-state index in [0.29, 0.717) is 27.9 Å². The Bertz CT molecular complexity index is 1030. The Balaban J connectivity index is 1.61. The van der Waals surface area contributed by atoms with Crippen molar-refractivity contribution in [3.8, 4) is 11.5 Å². The van der Waals surface area contributed by atoms with Gasteiger partial charge in [-0.25, -0.2) is 4.98 Å². The number of benzene rings is 1. The highest BCUT2D eigenvalue weighted by molar-refractivity contribution is 6.31. The molecule has 0 bridgehead atoms. The first-order chi connectivity index (χ1) is 11.6. The first kappa shape index (κ1) is 14.5. The third-order valence-corrected chi connectivity index (χ3v) is 3.90. The van der Waals surface area contributed by atoms with Gasteiger partial charge in [0.25, 0.3) is 5.91 Å². The van der Waals surface area contributed by atoms with Crippen LogP contribution in [-0.4, -0.2) is 25.7 Å². The van der Waals surface area contributed by atoms with Gasteiger partial charge in [-0.3, -0.25) is 15.2 Å². The molecule has 0 unspecified atom stereocenters. The predicted octanol–water partition coefficient (Wildman–Crippen LogP) is 3.46. The van der Waals surface area contributed by atoms with Crippen LogP contribution in [0.4, 0.5) is 5.95 Å². The number of furan rings is 1. The summed E-state index contributed by atoms with van der Waals surface area (Å²) in [4.78, 5) is 16.8. The number of hydrogen-bond donors (Lipinski definition) is 2. The summed E-state index contributed by atoms with van der Waals surface area (Å²) in [6.07, 6.45) is 1.56. The molecule has 24 heavy (non-hydrogen) atoms. The molecule has 0 saturated heterocycles. The zero-order valence-electron chi connectivity index (χ0n) is 12.6. The van der Waals surface area contributed by atoms with Gasteiger partial charge in [0.05, 0.1) is 17.3 Å². The fourth-order valence-electron chi connectivity index (χ4n) is 2.45. The van der Waals surface area contributed by atoms with Gasteiger partial charge in [-0.1, -0.05) is 11.6 Å². The maximum absolute atomic E-state index is 12.4. The summed E-state index contributed by atoms with van der Waals surface area (Å²) < 4.78 is 7.05. The van der Waals surface area contributed by atoms with Crippen LogP contribution in [0.25, 0.3) is 22.5 Å². The fourth-order valence-corrected chi connectivity index (χ4v) is 2.61. The summed E-state index contributed by atoms with van der Waals surface area (Å²) >= 11 is 5.97. The first-order valence-electron chi connectivity index (χ1n) is 7.14. The van der Waals surface area contributed by atoms with E-state index in [9.17, 15) is 4.79 Å². The van der Waals surface area contributed by atoms with Crippen LogP contribution in [0.3, 0.4) is 0 Å². The molecule has 0 aliphatic carbocycles. The number of amides is 1. The van der Waals surface area contributed by atoms with Gasteiger partial charge in [0.1, 0.15) is 5.69 Å². The number of aromatic nitrogens is 4. The molecule has 0 aliphatic rings. The van der Waals surface area contributed by atoms with E-state index in [0.717, 1.165) is 5.52 Å². The van der Waals surface area contributed by atoms with Gasteiger partial charge >= 0.3 is 0 Å². The summed E-state index contributed by atoms with van der Waals surface area (Å²) in [5.41, 5.74) is 2.44. The Kier molecular flexibility index (Phi) is 3.35. The molecule has 0 radical (unpaired) electrons. The maximum Gasteiger partial charge on any atom is 0.278 e. The van der Waals surface area contributed by atoms with Crippen molar-refractivity contribution in [2.24, 2.45) is 7.05 Å². The second-order valence-corrected chi connectivity index (χ2v) is 5.66. The Morgan fingerprint density at radius 1 is 1.33 bits per heavy atom. The van der Waals surface area contributed by atoms with E-state index in [-0.39, 0.29) is 11.6 Å². The summed E-state index contributed by atoms with van der Waals surface area (Å²) in [7, 11) is 1.82. The average molecular weight is 342 g/mol. The Morgan fingerprint density at radius 3 is 3.00 bits per heavy atom. The van der Waals surface area contributed by atoms with Crippen molar-refractivity contribution in [2.45, 2.75) is 0 Å². The smallest absolute Gasteiger partial charge is 0.278 e. The van der Waals surface area contributed by atoms with Gasteiger partial charge in [0.15, 0.2) is 11.5 Å². The van der Waals surface area contributed by atoms with Gasteiger partial charge in [-0.15, -0.1) is 0 Å². The minimum atomic E-state index is -0.367. The third-order valence-electron chi connectivity index (χ3n) is 3.67. The number of nitrogens with one attached hydrogen (secondary N) is 2. The lowest BCUT2D eigenvalue weighted by molar-refractivity contribution is 0.102. The van der Waals surface area contributed by atoms with Crippen molar-refractivity contribution in [1.82, 2.24) is 19.7 Å². The Hall–Kier alpha value is -3.06. The number of hydrogen-bond acceptors (Lipinski definition) is 4. The van der Waals surface area contributed by atoms with E-state index in [4.69, 9.17) is 16.0 Å². The Morgan fingerprint density at radius 2 is 2.21 bits per heavy atom. The average Bonchev–Trinajstić information content (AvgIpc) is 3.28. The van der Waals surface area contributed by atoms with E-state index in [1.54, 1.807) is 41.2 Å². The van der Waals surface area contributed by atoms with Crippen LogP contribution >= 0.6 is 11.6 Å². The zero-order chi connectivity index (χ0) is 16.7. The van der Waals surface area contributed by atoms with Crippen LogP contribution in [0.1, 0.15) is 10.5 Å². The van der Waals surface area contributed by atoms with Crippen molar-refractivity contribution in [1.29, 1.82) is 0 Å². The van der Waals surface area contributed by atoms with Crippen molar-refractivity contribution in [3.63, 3.8) is 0 Å². The quantitative estimate of drug-likeness (QED) is 0.597. The number of nitrogens with zero attached hydrogens (tertiary/aromatic N) is 3. The largest absolute Gasteiger partial charge is 0.463 e. The number of carbonyl (C=O) groups is 1. The summed E-state index contributed by atoms with van der Waals surface area (Å²) in [5, 5.41) is 10.1. The number of halogens is 1. The maximum atomic E-state index is 12.4. The molecule has 120 valence electrons. The number of rotatable bonds is 3. The van der Waals surface area contributed by atoms with Crippen molar-refractivity contribution < 1.29 is 9.21 Å². The lowest BCUT2D eigenvalue weighted by atomic mass is 10.3. The number of aryl methyl sites for hydroxylation is 1. The second kappa shape index (κ2) is 5.54. The molecule has 2 N–H and O–H groups in total. The fraction of sp³-hybridized carbons (Fsp3) is 0.0625. The van der Waals surface area contributed by atoms with E-state index in [1.165, 1.54) is 0 Å². The van der Waals surface area contributed by atoms with E-state index >= 15 is 0 Å². The molecule has 0 atom stereocenters. The van der Waals surface area contributed by atoms with Gasteiger partial charge < -0.3 is 8.98 Å².